The monoisotopic (exact) mass is 302 g/mol. The number of carbonyl (C=O) groups excluding carboxylic acids is 2. The van der Waals surface area contributed by atoms with Crippen molar-refractivity contribution in [2.75, 3.05) is 0 Å². The van der Waals surface area contributed by atoms with E-state index in [2.05, 4.69) is 6.58 Å². The Kier molecular flexibility index (Phi) is 3.74. The van der Waals surface area contributed by atoms with Gasteiger partial charge >= 0.3 is 11.9 Å². The quantitative estimate of drug-likeness (QED) is 0.679. The van der Waals surface area contributed by atoms with Crippen molar-refractivity contribution in [3.63, 3.8) is 0 Å². The summed E-state index contributed by atoms with van der Waals surface area (Å²) >= 11 is 0. The lowest BCUT2D eigenvalue weighted by atomic mass is 9.75. The first-order valence-corrected chi connectivity index (χ1v) is 7.34. The minimum absolute atomic E-state index is 0.173. The van der Waals surface area contributed by atoms with Crippen LogP contribution in [-0.4, -0.2) is 34.9 Å². The molecule has 1 saturated heterocycles. The normalized spacial score (nSPS) is 33.1. The van der Waals surface area contributed by atoms with E-state index in [4.69, 9.17) is 9.47 Å². The van der Waals surface area contributed by atoms with E-state index in [0.717, 1.165) is 0 Å². The van der Waals surface area contributed by atoms with Gasteiger partial charge in [-0.05, 0) is 25.0 Å². The number of ether oxygens (including phenoxy) is 2. The van der Waals surface area contributed by atoms with E-state index in [9.17, 15) is 14.7 Å². The van der Waals surface area contributed by atoms with Crippen LogP contribution in [0, 0.1) is 5.92 Å². The summed E-state index contributed by atoms with van der Waals surface area (Å²) in [4.78, 5) is 24.0. The van der Waals surface area contributed by atoms with Gasteiger partial charge in [0.1, 0.15) is 12.2 Å². The number of carbonyl (C=O) groups is 2. The number of rotatable bonds is 4. The smallest absolute Gasteiger partial charge is 0.338 e. The summed E-state index contributed by atoms with van der Waals surface area (Å²) in [6.45, 7) is 3.69. The van der Waals surface area contributed by atoms with Gasteiger partial charge in [-0.15, -0.1) is 6.58 Å². The molecular formula is C17H18O5. The van der Waals surface area contributed by atoms with Gasteiger partial charge in [-0.1, -0.05) is 24.3 Å². The third kappa shape index (κ3) is 2.52. The molecule has 4 atom stereocenters. The number of hydrogen-bond donors (Lipinski definition) is 1. The van der Waals surface area contributed by atoms with E-state index in [1.807, 2.05) is 6.07 Å². The minimum atomic E-state index is -1.45. The third-order valence-electron chi connectivity index (χ3n) is 4.33. The van der Waals surface area contributed by atoms with Crippen molar-refractivity contribution in [2.45, 2.75) is 37.1 Å². The zero-order chi connectivity index (χ0) is 15.7. The molecule has 1 aromatic rings. The molecule has 116 valence electrons. The molecule has 0 amide bonds. The van der Waals surface area contributed by atoms with Gasteiger partial charge in [-0.3, -0.25) is 0 Å². The van der Waals surface area contributed by atoms with Crippen LogP contribution in [0.5, 0.6) is 0 Å². The van der Waals surface area contributed by atoms with E-state index in [1.54, 1.807) is 30.3 Å². The summed E-state index contributed by atoms with van der Waals surface area (Å²) in [6, 6.07) is 8.67. The lowest BCUT2D eigenvalue weighted by Gasteiger charge is -2.35. The van der Waals surface area contributed by atoms with E-state index in [0.29, 0.717) is 12.0 Å². The topological polar surface area (TPSA) is 72.8 Å². The first-order chi connectivity index (χ1) is 10.5. The molecule has 2 aliphatic rings. The fourth-order valence-electron chi connectivity index (χ4n) is 3.28. The standard InChI is InChI=1S/C17H18O5/c1-2-6-12-9-17(20)10-13(21-16(17)19)14(12)22-15(18)11-7-4-3-5-8-11/h2-5,7-8,12-14,20H,1,6,9-10H2/t12-,13+,14+,17-/m0/s1. The second kappa shape index (κ2) is 5.57. The van der Waals surface area contributed by atoms with Gasteiger partial charge in [0.2, 0.25) is 0 Å². The SMILES string of the molecule is C=CC[C@H]1C[C@]2(O)C[C@@H](OC2=O)[C@@H]1OC(=O)c1ccccc1. The fourth-order valence-corrected chi connectivity index (χ4v) is 3.28. The Labute approximate surface area is 128 Å². The van der Waals surface area contributed by atoms with Gasteiger partial charge < -0.3 is 14.6 Å². The Hall–Kier alpha value is -2.14. The van der Waals surface area contributed by atoms with Gasteiger partial charge in [-0.25, -0.2) is 9.59 Å². The number of hydrogen-bond acceptors (Lipinski definition) is 5. The lowest BCUT2D eigenvalue weighted by molar-refractivity contribution is -0.154. The van der Waals surface area contributed by atoms with Crippen LogP contribution in [0.15, 0.2) is 43.0 Å². The molecule has 2 fully saturated rings. The van der Waals surface area contributed by atoms with Crippen molar-refractivity contribution in [2.24, 2.45) is 5.92 Å². The van der Waals surface area contributed by atoms with Crippen LogP contribution in [0.4, 0.5) is 0 Å². The van der Waals surface area contributed by atoms with Crippen molar-refractivity contribution in [1.29, 1.82) is 0 Å². The fraction of sp³-hybridized carbons (Fsp3) is 0.412. The van der Waals surface area contributed by atoms with Crippen LogP contribution >= 0.6 is 0 Å². The summed E-state index contributed by atoms with van der Waals surface area (Å²) in [6.07, 6.45) is 1.49. The highest BCUT2D eigenvalue weighted by molar-refractivity contribution is 5.89. The molecule has 1 heterocycles. The Balaban J connectivity index is 1.80. The maximum absolute atomic E-state index is 12.2. The van der Waals surface area contributed by atoms with Crippen molar-refractivity contribution in [3.05, 3.63) is 48.6 Å². The average Bonchev–Trinajstić information content (AvgIpc) is 2.75. The summed E-state index contributed by atoms with van der Waals surface area (Å²) in [7, 11) is 0. The van der Waals surface area contributed by atoms with Gasteiger partial charge in [-0.2, -0.15) is 0 Å². The average molecular weight is 302 g/mol. The van der Waals surface area contributed by atoms with E-state index < -0.39 is 29.7 Å². The molecule has 1 saturated carbocycles. The highest BCUT2D eigenvalue weighted by Crippen LogP contribution is 2.43. The zero-order valence-corrected chi connectivity index (χ0v) is 12.1. The lowest BCUT2D eigenvalue weighted by Crippen LogP contribution is -2.47. The predicted octanol–water partition coefficient (Wildman–Crippen LogP) is 1.85. The van der Waals surface area contributed by atoms with Crippen LogP contribution in [0.2, 0.25) is 0 Å². The van der Waals surface area contributed by atoms with Crippen molar-refractivity contribution < 1.29 is 24.2 Å². The predicted molar refractivity (Wildman–Crippen MR) is 78.0 cm³/mol. The molecule has 0 unspecified atom stereocenters. The largest absolute Gasteiger partial charge is 0.456 e. The molecular weight excluding hydrogens is 284 g/mol. The molecule has 1 aromatic carbocycles. The maximum Gasteiger partial charge on any atom is 0.338 e. The molecule has 0 spiro atoms. The molecule has 1 aliphatic heterocycles. The molecule has 5 heteroatoms. The summed E-state index contributed by atoms with van der Waals surface area (Å²) in [5, 5.41) is 10.3. The van der Waals surface area contributed by atoms with Gasteiger partial charge in [0.25, 0.3) is 0 Å². The number of esters is 2. The molecule has 22 heavy (non-hydrogen) atoms. The number of aliphatic hydroxyl groups is 1. The van der Waals surface area contributed by atoms with Crippen LogP contribution in [-0.2, 0) is 14.3 Å². The molecule has 2 bridgehead atoms. The van der Waals surface area contributed by atoms with Gasteiger partial charge in [0.05, 0.1) is 5.56 Å². The van der Waals surface area contributed by atoms with Gasteiger partial charge in [0.15, 0.2) is 5.60 Å². The van der Waals surface area contributed by atoms with Crippen molar-refractivity contribution in [1.82, 2.24) is 0 Å². The van der Waals surface area contributed by atoms with Crippen molar-refractivity contribution >= 4 is 11.9 Å². The number of benzene rings is 1. The zero-order valence-electron chi connectivity index (χ0n) is 12.1. The van der Waals surface area contributed by atoms with E-state index in [-0.39, 0.29) is 18.8 Å². The first-order valence-electron chi connectivity index (χ1n) is 7.34. The highest BCUT2D eigenvalue weighted by Gasteiger charge is 2.58. The van der Waals surface area contributed by atoms with Crippen LogP contribution in [0.3, 0.4) is 0 Å². The third-order valence-corrected chi connectivity index (χ3v) is 4.33. The summed E-state index contributed by atoms with van der Waals surface area (Å²) in [5.41, 5.74) is -1.00. The number of allylic oxidation sites excluding steroid dienone is 1. The highest BCUT2D eigenvalue weighted by atomic mass is 16.6. The van der Waals surface area contributed by atoms with Gasteiger partial charge in [0, 0.05) is 12.3 Å². The Morgan fingerprint density at radius 1 is 1.41 bits per heavy atom. The molecule has 0 aromatic heterocycles. The van der Waals surface area contributed by atoms with E-state index >= 15 is 0 Å². The molecule has 5 nitrogen and oxygen atoms in total. The minimum Gasteiger partial charge on any atom is -0.456 e. The Morgan fingerprint density at radius 3 is 2.82 bits per heavy atom. The van der Waals surface area contributed by atoms with E-state index in [1.165, 1.54) is 0 Å². The molecule has 1 aliphatic carbocycles. The maximum atomic E-state index is 12.2. The van der Waals surface area contributed by atoms with Crippen LogP contribution in [0.25, 0.3) is 0 Å². The van der Waals surface area contributed by atoms with Crippen LogP contribution in [0.1, 0.15) is 29.6 Å². The summed E-state index contributed by atoms with van der Waals surface area (Å²) in [5.74, 6) is -1.25. The second-order valence-corrected chi connectivity index (χ2v) is 5.90. The van der Waals surface area contributed by atoms with Crippen LogP contribution < -0.4 is 0 Å². The van der Waals surface area contributed by atoms with Crippen molar-refractivity contribution in [3.8, 4) is 0 Å². The molecule has 0 radical (unpaired) electrons. The Bertz CT molecular complexity index is 596. The number of fused-ring (bicyclic) bond motifs is 2. The second-order valence-electron chi connectivity index (χ2n) is 5.90. The first kappa shape index (κ1) is 14.8. The summed E-state index contributed by atoms with van der Waals surface area (Å²) < 4.78 is 10.8. The molecule has 3 rings (SSSR count). The molecule has 1 N–H and O–H groups in total. The Morgan fingerprint density at radius 2 is 2.14 bits per heavy atom.